The molecule has 1 fully saturated rings. The molecule has 10 heteroatoms. The van der Waals surface area contributed by atoms with Crippen molar-refractivity contribution in [3.05, 3.63) is 16.1 Å². The van der Waals surface area contributed by atoms with Gasteiger partial charge in [-0.25, -0.2) is 4.98 Å². The molecule has 1 aliphatic heterocycles. The van der Waals surface area contributed by atoms with E-state index in [2.05, 4.69) is 25.5 Å². The standard InChI is InChI=1S/C17H26F3N5OS/c1-3-22-16(25-8-5-12(6-9-25)10-14(26)21-2)23-7-4-15-24-13(11-27-15)17(18,19)20/h11-12H,3-10H2,1-2H3,(H,21,26)(H,22,23). The number of aliphatic imine (C=N–C) groups is 1. The van der Waals surface area contributed by atoms with Gasteiger partial charge in [-0.3, -0.25) is 9.79 Å². The van der Waals surface area contributed by atoms with Gasteiger partial charge in [-0.1, -0.05) is 0 Å². The van der Waals surface area contributed by atoms with Crippen LogP contribution in [0.5, 0.6) is 0 Å². The fourth-order valence-electron chi connectivity index (χ4n) is 2.95. The van der Waals surface area contributed by atoms with Gasteiger partial charge < -0.3 is 15.5 Å². The van der Waals surface area contributed by atoms with E-state index in [0.717, 1.165) is 48.6 Å². The predicted molar refractivity (Wildman–Crippen MR) is 99.8 cm³/mol. The van der Waals surface area contributed by atoms with Crippen molar-refractivity contribution in [2.75, 3.05) is 33.2 Å². The van der Waals surface area contributed by atoms with Gasteiger partial charge in [0.15, 0.2) is 11.7 Å². The van der Waals surface area contributed by atoms with Gasteiger partial charge >= 0.3 is 6.18 Å². The summed E-state index contributed by atoms with van der Waals surface area (Å²) in [5.41, 5.74) is -0.837. The highest BCUT2D eigenvalue weighted by molar-refractivity contribution is 7.09. The molecule has 1 saturated heterocycles. The van der Waals surface area contributed by atoms with E-state index in [9.17, 15) is 18.0 Å². The minimum absolute atomic E-state index is 0.0655. The summed E-state index contributed by atoms with van der Waals surface area (Å²) >= 11 is 1.01. The molecular weight excluding hydrogens is 379 g/mol. The zero-order chi connectivity index (χ0) is 19.9. The Labute approximate surface area is 161 Å². The van der Waals surface area contributed by atoms with E-state index in [-0.39, 0.29) is 5.91 Å². The highest BCUT2D eigenvalue weighted by atomic mass is 32.1. The number of guanidine groups is 1. The number of rotatable bonds is 6. The van der Waals surface area contributed by atoms with Crippen LogP contribution in [0.25, 0.3) is 0 Å². The molecule has 0 radical (unpaired) electrons. The zero-order valence-corrected chi connectivity index (χ0v) is 16.4. The van der Waals surface area contributed by atoms with Gasteiger partial charge in [-0.15, -0.1) is 11.3 Å². The first kappa shape index (κ1) is 21.5. The average molecular weight is 405 g/mol. The fraction of sp³-hybridized carbons (Fsp3) is 0.706. The summed E-state index contributed by atoms with van der Waals surface area (Å²) in [7, 11) is 1.65. The molecule has 0 spiro atoms. The third-order valence-corrected chi connectivity index (χ3v) is 5.34. The van der Waals surface area contributed by atoms with Gasteiger partial charge in [0.05, 0.1) is 5.01 Å². The summed E-state index contributed by atoms with van der Waals surface area (Å²) in [6.45, 7) is 4.69. The minimum Gasteiger partial charge on any atom is -0.359 e. The number of carbonyl (C=O) groups is 1. The maximum Gasteiger partial charge on any atom is 0.434 e. The van der Waals surface area contributed by atoms with Gasteiger partial charge in [0, 0.05) is 51.4 Å². The van der Waals surface area contributed by atoms with E-state index in [0.29, 0.717) is 36.9 Å². The quantitative estimate of drug-likeness (QED) is 0.564. The number of hydrogen-bond donors (Lipinski definition) is 2. The van der Waals surface area contributed by atoms with Gasteiger partial charge in [0.2, 0.25) is 5.91 Å². The Balaban J connectivity index is 1.87. The van der Waals surface area contributed by atoms with Crippen LogP contribution in [0.1, 0.15) is 36.9 Å². The van der Waals surface area contributed by atoms with Gasteiger partial charge in [-0.2, -0.15) is 13.2 Å². The van der Waals surface area contributed by atoms with E-state index in [1.807, 2.05) is 6.92 Å². The second kappa shape index (κ2) is 9.91. The number of alkyl halides is 3. The van der Waals surface area contributed by atoms with Crippen molar-refractivity contribution in [3.63, 3.8) is 0 Å². The molecule has 2 heterocycles. The minimum atomic E-state index is -4.40. The van der Waals surface area contributed by atoms with Gasteiger partial charge in [0.25, 0.3) is 0 Å². The predicted octanol–water partition coefficient (Wildman–Crippen LogP) is 2.52. The Kier molecular flexibility index (Phi) is 7.88. The summed E-state index contributed by atoms with van der Waals surface area (Å²) in [4.78, 5) is 21.8. The molecule has 1 aliphatic rings. The van der Waals surface area contributed by atoms with Crippen LogP contribution in [0.2, 0.25) is 0 Å². The van der Waals surface area contributed by atoms with E-state index < -0.39 is 11.9 Å². The van der Waals surface area contributed by atoms with Crippen molar-refractivity contribution in [3.8, 4) is 0 Å². The zero-order valence-electron chi connectivity index (χ0n) is 15.6. The summed E-state index contributed by atoms with van der Waals surface area (Å²) in [5, 5.41) is 7.37. The van der Waals surface area contributed by atoms with Crippen molar-refractivity contribution >= 4 is 23.2 Å². The first-order valence-electron chi connectivity index (χ1n) is 9.09. The summed E-state index contributed by atoms with van der Waals surface area (Å²) < 4.78 is 37.8. The second-order valence-electron chi connectivity index (χ2n) is 6.42. The summed E-state index contributed by atoms with van der Waals surface area (Å²) in [6, 6.07) is 0. The molecule has 0 unspecified atom stereocenters. The van der Waals surface area contributed by atoms with Crippen molar-refractivity contribution < 1.29 is 18.0 Å². The number of nitrogens with one attached hydrogen (secondary N) is 2. The molecule has 1 amide bonds. The number of amides is 1. The molecule has 0 bridgehead atoms. The van der Waals surface area contributed by atoms with Crippen molar-refractivity contribution in [2.24, 2.45) is 10.9 Å². The number of carbonyl (C=O) groups excluding carboxylic acids is 1. The molecule has 1 aromatic rings. The molecular formula is C17H26F3N5OS. The average Bonchev–Trinajstić information content (AvgIpc) is 3.11. The van der Waals surface area contributed by atoms with E-state index in [4.69, 9.17) is 0 Å². The summed E-state index contributed by atoms with van der Waals surface area (Å²) in [6.07, 6.45) is -1.64. The molecule has 0 saturated carbocycles. The molecule has 152 valence electrons. The molecule has 6 nitrogen and oxygen atoms in total. The van der Waals surface area contributed by atoms with Crippen LogP contribution in [0, 0.1) is 5.92 Å². The van der Waals surface area contributed by atoms with Crippen LogP contribution in [-0.4, -0.2) is 55.0 Å². The van der Waals surface area contributed by atoms with Crippen LogP contribution >= 0.6 is 11.3 Å². The third kappa shape index (κ3) is 6.67. The highest BCUT2D eigenvalue weighted by Crippen LogP contribution is 2.30. The van der Waals surface area contributed by atoms with Crippen LogP contribution in [0.4, 0.5) is 13.2 Å². The molecule has 27 heavy (non-hydrogen) atoms. The van der Waals surface area contributed by atoms with Gasteiger partial charge in [0.1, 0.15) is 0 Å². The third-order valence-electron chi connectivity index (χ3n) is 4.43. The molecule has 2 N–H and O–H groups in total. The largest absolute Gasteiger partial charge is 0.434 e. The normalized spacial score (nSPS) is 16.5. The number of piperidine rings is 1. The molecule has 0 aliphatic carbocycles. The van der Waals surface area contributed by atoms with Crippen molar-refractivity contribution in [1.29, 1.82) is 0 Å². The number of nitrogens with zero attached hydrogens (tertiary/aromatic N) is 3. The van der Waals surface area contributed by atoms with Crippen LogP contribution in [0.15, 0.2) is 10.4 Å². The highest BCUT2D eigenvalue weighted by Gasteiger charge is 2.33. The summed E-state index contributed by atoms with van der Waals surface area (Å²) in [5.74, 6) is 1.21. The van der Waals surface area contributed by atoms with E-state index >= 15 is 0 Å². The lowest BCUT2D eigenvalue weighted by Gasteiger charge is -2.34. The fourth-order valence-corrected chi connectivity index (χ4v) is 3.75. The molecule has 2 rings (SSSR count). The maximum absolute atomic E-state index is 12.6. The van der Waals surface area contributed by atoms with Crippen LogP contribution < -0.4 is 10.6 Å². The number of likely N-dealkylation sites (tertiary alicyclic amines) is 1. The monoisotopic (exact) mass is 405 g/mol. The smallest absolute Gasteiger partial charge is 0.359 e. The Morgan fingerprint density at radius 3 is 2.67 bits per heavy atom. The first-order valence-corrected chi connectivity index (χ1v) is 9.96. The van der Waals surface area contributed by atoms with E-state index in [1.165, 1.54) is 0 Å². The van der Waals surface area contributed by atoms with Crippen LogP contribution in [0.3, 0.4) is 0 Å². The SMILES string of the molecule is CCNC(=NCCc1nc(C(F)(F)F)cs1)N1CCC(CC(=O)NC)CC1. The number of hydrogen-bond acceptors (Lipinski definition) is 4. The number of halogens is 3. The van der Waals surface area contributed by atoms with Crippen molar-refractivity contribution in [1.82, 2.24) is 20.5 Å². The topological polar surface area (TPSA) is 69.6 Å². The van der Waals surface area contributed by atoms with Gasteiger partial charge in [-0.05, 0) is 25.7 Å². The molecule has 1 aromatic heterocycles. The Morgan fingerprint density at radius 1 is 1.41 bits per heavy atom. The number of aromatic nitrogens is 1. The Bertz CT molecular complexity index is 639. The van der Waals surface area contributed by atoms with Crippen molar-refractivity contribution in [2.45, 2.75) is 38.8 Å². The van der Waals surface area contributed by atoms with E-state index in [1.54, 1.807) is 7.05 Å². The van der Waals surface area contributed by atoms with Crippen LogP contribution in [-0.2, 0) is 17.4 Å². The Hall–Kier alpha value is -1.84. The lowest BCUT2D eigenvalue weighted by Crippen LogP contribution is -2.46. The lowest BCUT2D eigenvalue weighted by atomic mass is 9.93. The molecule has 0 aromatic carbocycles. The number of thiazole rings is 1. The lowest BCUT2D eigenvalue weighted by molar-refractivity contribution is -0.140. The Morgan fingerprint density at radius 2 is 2.11 bits per heavy atom. The second-order valence-corrected chi connectivity index (χ2v) is 7.36. The first-order chi connectivity index (χ1) is 12.8. The molecule has 0 atom stereocenters. The maximum atomic E-state index is 12.6.